The fourth-order valence-electron chi connectivity index (χ4n) is 2.77. The summed E-state index contributed by atoms with van der Waals surface area (Å²) < 4.78 is 5.28. The number of aryl methyl sites for hydroxylation is 1. The number of nitrogens with zero attached hydrogens (tertiary/aromatic N) is 4. The number of guanidine groups is 1. The lowest BCUT2D eigenvalue weighted by atomic mass is 10.1. The van der Waals surface area contributed by atoms with Crippen molar-refractivity contribution in [3.63, 3.8) is 0 Å². The minimum absolute atomic E-state index is 0.312. The van der Waals surface area contributed by atoms with E-state index in [1.807, 2.05) is 24.3 Å². The Morgan fingerprint density at radius 2 is 1.93 bits per heavy atom. The van der Waals surface area contributed by atoms with Gasteiger partial charge < -0.3 is 15.2 Å². The van der Waals surface area contributed by atoms with Gasteiger partial charge in [-0.05, 0) is 37.5 Å². The molecule has 0 bridgehead atoms. The number of hydrogen-bond donors (Lipinski definition) is 2. The van der Waals surface area contributed by atoms with Gasteiger partial charge in [0.15, 0.2) is 11.8 Å². The molecule has 2 aromatic heterocycles. The van der Waals surface area contributed by atoms with Gasteiger partial charge in [0.25, 0.3) is 5.89 Å². The van der Waals surface area contributed by atoms with Crippen molar-refractivity contribution in [3.05, 3.63) is 66.1 Å². The van der Waals surface area contributed by atoms with Crippen LogP contribution >= 0.6 is 0 Å². The molecule has 0 aliphatic rings. The number of nitrogens with one attached hydrogen (secondary N) is 2. The summed E-state index contributed by atoms with van der Waals surface area (Å²) in [6.45, 7) is 2.82. The second kappa shape index (κ2) is 10.2. The second-order valence-electron chi connectivity index (χ2n) is 6.55. The molecule has 2 heterocycles. The van der Waals surface area contributed by atoms with Crippen LogP contribution in [0.1, 0.15) is 24.7 Å². The molecule has 7 nitrogen and oxygen atoms in total. The molecule has 0 radical (unpaired) electrons. The Morgan fingerprint density at radius 1 is 1.11 bits per heavy atom. The van der Waals surface area contributed by atoms with Crippen LogP contribution in [0.5, 0.6) is 0 Å². The average molecular weight is 378 g/mol. The molecule has 1 unspecified atom stereocenters. The maximum absolute atomic E-state index is 5.28. The van der Waals surface area contributed by atoms with Crippen molar-refractivity contribution in [1.82, 2.24) is 25.8 Å². The lowest BCUT2D eigenvalue weighted by Gasteiger charge is -2.17. The summed E-state index contributed by atoms with van der Waals surface area (Å²) in [6.07, 6.45) is 4.40. The Hall–Kier alpha value is -3.22. The first kappa shape index (κ1) is 19.5. The molecule has 0 amide bonds. The third kappa shape index (κ3) is 5.90. The molecule has 7 heteroatoms. The maximum Gasteiger partial charge on any atom is 0.276 e. The SMILES string of the molecule is CN=C(NCCc1noc(-c2ccccn2)n1)NC(C)CCc1ccccc1. The zero-order chi connectivity index (χ0) is 19.6. The highest BCUT2D eigenvalue weighted by Crippen LogP contribution is 2.13. The van der Waals surface area contributed by atoms with Crippen LogP contribution < -0.4 is 10.6 Å². The smallest absolute Gasteiger partial charge is 0.276 e. The molecule has 0 aliphatic carbocycles. The van der Waals surface area contributed by atoms with Crippen LogP contribution in [0.4, 0.5) is 0 Å². The van der Waals surface area contributed by atoms with Crippen molar-refractivity contribution in [2.24, 2.45) is 4.99 Å². The number of aliphatic imine (C=N–C) groups is 1. The van der Waals surface area contributed by atoms with Crippen LogP contribution in [-0.4, -0.2) is 40.7 Å². The van der Waals surface area contributed by atoms with Gasteiger partial charge in [0.05, 0.1) is 0 Å². The Kier molecular flexibility index (Phi) is 7.12. The van der Waals surface area contributed by atoms with Gasteiger partial charge in [-0.3, -0.25) is 9.98 Å². The van der Waals surface area contributed by atoms with Crippen molar-refractivity contribution in [3.8, 4) is 11.6 Å². The topological polar surface area (TPSA) is 88.2 Å². The van der Waals surface area contributed by atoms with Gasteiger partial charge in [0.1, 0.15) is 5.69 Å². The number of aromatic nitrogens is 3. The third-order valence-electron chi connectivity index (χ3n) is 4.31. The monoisotopic (exact) mass is 378 g/mol. The summed E-state index contributed by atoms with van der Waals surface area (Å²) in [5.41, 5.74) is 2.03. The number of benzene rings is 1. The number of rotatable bonds is 8. The lowest BCUT2D eigenvalue weighted by Crippen LogP contribution is -2.43. The van der Waals surface area contributed by atoms with Crippen LogP contribution in [0.25, 0.3) is 11.6 Å². The van der Waals surface area contributed by atoms with Crippen molar-refractivity contribution in [2.45, 2.75) is 32.2 Å². The van der Waals surface area contributed by atoms with Crippen LogP contribution in [-0.2, 0) is 12.8 Å². The van der Waals surface area contributed by atoms with E-state index in [0.717, 1.165) is 18.8 Å². The maximum atomic E-state index is 5.28. The Labute approximate surface area is 165 Å². The van der Waals surface area contributed by atoms with E-state index in [1.165, 1.54) is 5.56 Å². The predicted molar refractivity (Wildman–Crippen MR) is 110 cm³/mol. The molecule has 146 valence electrons. The highest BCUT2D eigenvalue weighted by atomic mass is 16.5. The van der Waals surface area contributed by atoms with Crippen LogP contribution in [0.15, 0.2) is 64.2 Å². The molecule has 1 atom stereocenters. The zero-order valence-corrected chi connectivity index (χ0v) is 16.3. The van der Waals surface area contributed by atoms with E-state index >= 15 is 0 Å². The minimum atomic E-state index is 0.312. The predicted octanol–water partition coefficient (Wildman–Crippen LogP) is 2.86. The van der Waals surface area contributed by atoms with E-state index < -0.39 is 0 Å². The highest BCUT2D eigenvalue weighted by Gasteiger charge is 2.10. The van der Waals surface area contributed by atoms with Crippen molar-refractivity contribution in [1.29, 1.82) is 0 Å². The molecular formula is C21H26N6O. The van der Waals surface area contributed by atoms with Crippen molar-refractivity contribution < 1.29 is 4.52 Å². The van der Waals surface area contributed by atoms with Crippen molar-refractivity contribution in [2.75, 3.05) is 13.6 Å². The summed E-state index contributed by atoms with van der Waals surface area (Å²) >= 11 is 0. The molecule has 0 aliphatic heterocycles. The van der Waals surface area contributed by atoms with E-state index in [0.29, 0.717) is 36.4 Å². The molecule has 3 rings (SSSR count). The summed E-state index contributed by atoms with van der Waals surface area (Å²) in [5, 5.41) is 10.7. The van der Waals surface area contributed by atoms with Gasteiger partial charge in [0, 0.05) is 32.3 Å². The summed E-state index contributed by atoms with van der Waals surface area (Å²) in [5.74, 6) is 1.85. The summed E-state index contributed by atoms with van der Waals surface area (Å²) in [7, 11) is 1.77. The van der Waals surface area contributed by atoms with Gasteiger partial charge >= 0.3 is 0 Å². The first-order valence-corrected chi connectivity index (χ1v) is 9.49. The van der Waals surface area contributed by atoms with E-state index in [9.17, 15) is 0 Å². The molecule has 0 saturated carbocycles. The van der Waals surface area contributed by atoms with Crippen LogP contribution in [0.2, 0.25) is 0 Å². The lowest BCUT2D eigenvalue weighted by molar-refractivity contribution is 0.421. The second-order valence-corrected chi connectivity index (χ2v) is 6.55. The summed E-state index contributed by atoms with van der Waals surface area (Å²) in [4.78, 5) is 12.9. The molecular weight excluding hydrogens is 352 g/mol. The zero-order valence-electron chi connectivity index (χ0n) is 16.3. The molecule has 0 fully saturated rings. The van der Waals surface area contributed by atoms with Gasteiger partial charge in [-0.1, -0.05) is 41.6 Å². The quantitative estimate of drug-likeness (QED) is 0.463. The van der Waals surface area contributed by atoms with E-state index in [4.69, 9.17) is 4.52 Å². The summed E-state index contributed by atoms with van der Waals surface area (Å²) in [6, 6.07) is 16.4. The number of hydrogen-bond acceptors (Lipinski definition) is 5. The number of pyridine rings is 1. The van der Waals surface area contributed by atoms with Gasteiger partial charge in [0.2, 0.25) is 0 Å². The van der Waals surface area contributed by atoms with E-state index in [1.54, 1.807) is 13.2 Å². The molecule has 2 N–H and O–H groups in total. The van der Waals surface area contributed by atoms with Crippen LogP contribution in [0, 0.1) is 0 Å². The normalized spacial score (nSPS) is 12.6. The van der Waals surface area contributed by atoms with Crippen molar-refractivity contribution >= 4 is 5.96 Å². The van der Waals surface area contributed by atoms with Gasteiger partial charge in [-0.25, -0.2) is 0 Å². The van der Waals surface area contributed by atoms with Crippen LogP contribution in [0.3, 0.4) is 0 Å². The van der Waals surface area contributed by atoms with E-state index in [2.05, 4.69) is 61.9 Å². The highest BCUT2D eigenvalue weighted by molar-refractivity contribution is 5.79. The Balaban J connectivity index is 1.41. The fraction of sp³-hybridized carbons (Fsp3) is 0.333. The average Bonchev–Trinajstić information content (AvgIpc) is 3.22. The van der Waals surface area contributed by atoms with Gasteiger partial charge in [-0.2, -0.15) is 4.98 Å². The molecule has 1 aromatic carbocycles. The third-order valence-corrected chi connectivity index (χ3v) is 4.31. The van der Waals surface area contributed by atoms with Gasteiger partial charge in [-0.15, -0.1) is 0 Å². The molecule has 0 spiro atoms. The molecule has 3 aromatic rings. The Bertz CT molecular complexity index is 863. The molecule has 0 saturated heterocycles. The first-order chi connectivity index (χ1) is 13.7. The fourth-order valence-corrected chi connectivity index (χ4v) is 2.77. The molecule has 28 heavy (non-hydrogen) atoms. The van der Waals surface area contributed by atoms with E-state index in [-0.39, 0.29) is 0 Å². The standard InChI is InChI=1S/C21H26N6O/c1-16(11-12-17-8-4-3-5-9-17)25-21(22-2)24-15-13-19-26-20(28-27-19)18-10-6-7-14-23-18/h3-10,14,16H,11-13,15H2,1-2H3,(H2,22,24,25). The minimum Gasteiger partial charge on any atom is -0.356 e. The Morgan fingerprint density at radius 3 is 2.68 bits per heavy atom. The largest absolute Gasteiger partial charge is 0.356 e. The first-order valence-electron chi connectivity index (χ1n) is 9.49.